The van der Waals surface area contributed by atoms with Crippen LogP contribution in [0.4, 0.5) is 19.1 Å². The van der Waals surface area contributed by atoms with Crippen molar-refractivity contribution in [2.75, 3.05) is 12.8 Å². The summed E-state index contributed by atoms with van der Waals surface area (Å²) >= 11 is 2.17. The first-order chi connectivity index (χ1) is 15.7. The van der Waals surface area contributed by atoms with E-state index in [9.17, 15) is 13.2 Å². The third-order valence-corrected chi connectivity index (χ3v) is 5.85. The Morgan fingerprint density at radius 2 is 1.82 bits per heavy atom. The third-order valence-electron chi connectivity index (χ3n) is 5.26. The first-order valence-electron chi connectivity index (χ1n) is 9.93. The molecule has 0 saturated heterocycles. The zero-order valence-corrected chi connectivity index (χ0v) is 19.9. The zero-order chi connectivity index (χ0) is 23.8. The Kier molecular flexibility index (Phi) is 6.37. The second kappa shape index (κ2) is 9.08. The number of nitrogens with two attached hydrogens (primary N) is 1. The van der Waals surface area contributed by atoms with E-state index in [0.717, 1.165) is 26.8 Å². The lowest BCUT2D eigenvalue weighted by Crippen LogP contribution is -2.11. The molecule has 2 aromatic heterocycles. The van der Waals surface area contributed by atoms with Crippen LogP contribution in [0.15, 0.2) is 54.7 Å². The van der Waals surface area contributed by atoms with Crippen LogP contribution < -0.4 is 15.2 Å². The lowest BCUT2D eigenvalue weighted by molar-refractivity contribution is -0.137. The van der Waals surface area contributed by atoms with Gasteiger partial charge in [0.15, 0.2) is 17.1 Å². The molecule has 1 atom stereocenters. The summed E-state index contributed by atoms with van der Waals surface area (Å²) in [5.74, 6) is 1.33. The highest BCUT2D eigenvalue weighted by atomic mass is 127. The van der Waals surface area contributed by atoms with Crippen LogP contribution in [0.5, 0.6) is 11.5 Å². The first kappa shape index (κ1) is 23.1. The van der Waals surface area contributed by atoms with Crippen molar-refractivity contribution in [2.45, 2.75) is 25.7 Å². The quantitative estimate of drug-likeness (QED) is 0.296. The highest BCUT2D eigenvalue weighted by Crippen LogP contribution is 2.34. The monoisotopic (exact) mass is 568 g/mol. The minimum absolute atomic E-state index is 0.102. The number of nitrogen functional groups attached to an aromatic ring is 1. The minimum atomic E-state index is -4.37. The number of aromatic nitrogens is 3. The van der Waals surface area contributed by atoms with Crippen LogP contribution in [0.2, 0.25) is 0 Å². The van der Waals surface area contributed by atoms with Gasteiger partial charge in [0, 0.05) is 9.77 Å². The van der Waals surface area contributed by atoms with E-state index in [1.165, 1.54) is 19.2 Å². The number of anilines is 1. The number of rotatable bonds is 6. The molecule has 4 aromatic rings. The topological polar surface area (TPSA) is 75.2 Å². The van der Waals surface area contributed by atoms with Crippen molar-refractivity contribution < 1.29 is 22.6 Å². The minimum Gasteiger partial charge on any atom is -0.493 e. The van der Waals surface area contributed by atoms with Gasteiger partial charge in [0.25, 0.3) is 0 Å². The van der Waals surface area contributed by atoms with Crippen molar-refractivity contribution in [2.24, 2.45) is 0 Å². The van der Waals surface area contributed by atoms with Crippen LogP contribution in [0, 0.1) is 3.57 Å². The summed E-state index contributed by atoms with van der Waals surface area (Å²) in [6.07, 6.45) is -2.61. The highest BCUT2D eigenvalue weighted by molar-refractivity contribution is 14.1. The predicted octanol–water partition coefficient (Wildman–Crippen LogP) is 5.83. The Morgan fingerprint density at radius 3 is 2.48 bits per heavy atom. The number of imidazole rings is 1. The summed E-state index contributed by atoms with van der Waals surface area (Å²) in [5, 5.41) is 0. The van der Waals surface area contributed by atoms with Crippen molar-refractivity contribution in [3.05, 3.63) is 75.0 Å². The molecule has 172 valence electrons. The molecule has 1 unspecified atom stereocenters. The molecule has 0 aliphatic carbocycles. The molecule has 2 heterocycles. The van der Waals surface area contributed by atoms with Gasteiger partial charge in [-0.05, 0) is 71.0 Å². The van der Waals surface area contributed by atoms with Crippen molar-refractivity contribution in [3.63, 3.8) is 0 Å². The summed E-state index contributed by atoms with van der Waals surface area (Å²) in [7, 11) is 1.53. The van der Waals surface area contributed by atoms with Gasteiger partial charge in [0.05, 0.1) is 18.7 Å². The fourth-order valence-electron chi connectivity index (χ4n) is 3.52. The molecule has 0 aliphatic rings. The van der Waals surface area contributed by atoms with Crippen molar-refractivity contribution >= 4 is 39.7 Å². The van der Waals surface area contributed by atoms with Gasteiger partial charge in [-0.3, -0.25) is 4.57 Å². The summed E-state index contributed by atoms with van der Waals surface area (Å²) in [4.78, 5) is 8.89. The summed E-state index contributed by atoms with van der Waals surface area (Å²) in [6, 6.07) is 12.1. The summed E-state index contributed by atoms with van der Waals surface area (Å²) in [5.41, 5.74) is 8.39. The van der Waals surface area contributed by atoms with E-state index >= 15 is 0 Å². The molecular formula is C23H20F3IN4O2. The van der Waals surface area contributed by atoms with E-state index in [1.54, 1.807) is 12.3 Å². The maximum Gasteiger partial charge on any atom is 0.416 e. The fraction of sp³-hybridized carbons (Fsp3) is 0.217. The number of halogens is 4. The number of hydrogen-bond donors (Lipinski definition) is 1. The molecule has 0 radical (unpaired) electrons. The Bertz CT molecular complexity index is 1290. The van der Waals surface area contributed by atoms with Crippen molar-refractivity contribution in [3.8, 4) is 11.5 Å². The number of pyridine rings is 1. The first-order valence-corrected chi connectivity index (χ1v) is 11.0. The second-order valence-corrected chi connectivity index (χ2v) is 8.65. The van der Waals surface area contributed by atoms with E-state index in [-0.39, 0.29) is 12.6 Å². The Hall–Kier alpha value is -3.02. The molecule has 6 nitrogen and oxygen atoms in total. The summed E-state index contributed by atoms with van der Waals surface area (Å²) < 4.78 is 52.3. The second-order valence-electron chi connectivity index (χ2n) is 7.41. The number of ether oxygens (including phenoxy) is 2. The maximum absolute atomic E-state index is 12.7. The largest absolute Gasteiger partial charge is 0.493 e. The fourth-order valence-corrected chi connectivity index (χ4v) is 3.95. The van der Waals surface area contributed by atoms with Gasteiger partial charge in [-0.15, -0.1) is 0 Å². The molecule has 0 bridgehead atoms. The van der Waals surface area contributed by atoms with Gasteiger partial charge in [0.1, 0.15) is 12.1 Å². The summed E-state index contributed by atoms with van der Waals surface area (Å²) in [6.45, 7) is 2.08. The maximum atomic E-state index is 12.7. The molecule has 0 fully saturated rings. The van der Waals surface area contributed by atoms with Gasteiger partial charge in [-0.2, -0.15) is 13.2 Å². The standard InChI is InChI=1S/C23H20F3IN4O2/c1-13(31-21-18(30-22(31)28)10-17(27)11-29-21)15-5-8-19(20(9-15)32-2)33-12-14-3-6-16(7-4-14)23(24,25)26/h3-11,13H,12H2,1-2H3,(H2,28,30). The molecule has 0 spiro atoms. The van der Waals surface area contributed by atoms with Crippen LogP contribution in [-0.2, 0) is 12.8 Å². The van der Waals surface area contributed by atoms with E-state index < -0.39 is 11.7 Å². The van der Waals surface area contributed by atoms with Gasteiger partial charge in [-0.1, -0.05) is 18.2 Å². The molecule has 2 aromatic carbocycles. The Labute approximate surface area is 201 Å². The van der Waals surface area contributed by atoms with Crippen LogP contribution in [-0.4, -0.2) is 21.6 Å². The number of alkyl halides is 3. The highest BCUT2D eigenvalue weighted by Gasteiger charge is 2.30. The van der Waals surface area contributed by atoms with Gasteiger partial charge < -0.3 is 15.2 Å². The number of methoxy groups -OCH3 is 1. The molecule has 0 aliphatic heterocycles. The Balaban J connectivity index is 1.55. The van der Waals surface area contributed by atoms with Gasteiger partial charge in [0.2, 0.25) is 5.95 Å². The number of hydrogen-bond acceptors (Lipinski definition) is 5. The predicted molar refractivity (Wildman–Crippen MR) is 127 cm³/mol. The van der Waals surface area contributed by atoms with Gasteiger partial charge >= 0.3 is 6.18 Å². The van der Waals surface area contributed by atoms with Crippen LogP contribution >= 0.6 is 22.6 Å². The van der Waals surface area contributed by atoms with E-state index in [2.05, 4.69) is 32.6 Å². The molecule has 0 saturated carbocycles. The zero-order valence-electron chi connectivity index (χ0n) is 17.7. The molecular weight excluding hydrogens is 548 g/mol. The SMILES string of the molecule is COc1cc(C(C)n2c(N)nc3cc(I)cnc32)ccc1OCc1ccc(C(F)(F)F)cc1. The van der Waals surface area contributed by atoms with E-state index in [1.807, 2.05) is 29.7 Å². The number of benzene rings is 2. The van der Waals surface area contributed by atoms with E-state index in [4.69, 9.17) is 15.2 Å². The van der Waals surface area contributed by atoms with Crippen LogP contribution in [0.3, 0.4) is 0 Å². The molecule has 10 heteroatoms. The lowest BCUT2D eigenvalue weighted by atomic mass is 10.1. The number of nitrogens with zero attached hydrogens (tertiary/aromatic N) is 3. The normalized spacial score (nSPS) is 12.7. The molecule has 2 N–H and O–H groups in total. The molecule has 33 heavy (non-hydrogen) atoms. The Morgan fingerprint density at radius 1 is 1.09 bits per heavy atom. The third kappa shape index (κ3) is 4.85. The van der Waals surface area contributed by atoms with E-state index in [0.29, 0.717) is 28.7 Å². The average molecular weight is 568 g/mol. The number of fused-ring (bicyclic) bond motifs is 1. The van der Waals surface area contributed by atoms with Crippen LogP contribution in [0.1, 0.15) is 29.7 Å². The van der Waals surface area contributed by atoms with Crippen LogP contribution in [0.25, 0.3) is 11.2 Å². The van der Waals surface area contributed by atoms with Gasteiger partial charge in [-0.25, -0.2) is 9.97 Å². The average Bonchev–Trinajstić information content (AvgIpc) is 3.11. The molecule has 0 amide bonds. The lowest BCUT2D eigenvalue weighted by Gasteiger charge is -2.18. The molecule has 4 rings (SSSR count). The van der Waals surface area contributed by atoms with Crippen molar-refractivity contribution in [1.29, 1.82) is 0 Å². The smallest absolute Gasteiger partial charge is 0.416 e. The van der Waals surface area contributed by atoms with Crippen molar-refractivity contribution in [1.82, 2.24) is 14.5 Å².